The highest BCUT2D eigenvalue weighted by molar-refractivity contribution is 7.48. The van der Waals surface area contributed by atoms with E-state index in [1.807, 2.05) is 6.92 Å². The van der Waals surface area contributed by atoms with Crippen LogP contribution in [0.2, 0.25) is 0 Å². The van der Waals surface area contributed by atoms with Gasteiger partial charge < -0.3 is 10.4 Å². The van der Waals surface area contributed by atoms with Crippen molar-refractivity contribution in [1.82, 2.24) is 5.32 Å². The third kappa shape index (κ3) is 7.32. The van der Waals surface area contributed by atoms with E-state index in [2.05, 4.69) is 97.1 Å². The molecule has 2 nitrogen and oxygen atoms in total. The van der Waals surface area contributed by atoms with E-state index in [0.717, 1.165) is 24.1 Å². The molecule has 2 atom stereocenters. The topological polar surface area (TPSA) is 32.3 Å². The predicted molar refractivity (Wildman–Crippen MR) is 144 cm³/mol. The fraction of sp³-hybridized carbons (Fsp3) is 0.586. The molecule has 3 heteroatoms. The first-order valence-corrected chi connectivity index (χ1v) is 13.2. The Morgan fingerprint density at radius 2 is 1.59 bits per heavy atom. The summed E-state index contributed by atoms with van der Waals surface area (Å²) in [6, 6.07) is 13.3. The van der Waals surface area contributed by atoms with Gasteiger partial charge in [-0.15, -0.1) is 0 Å². The lowest BCUT2D eigenvalue weighted by Crippen LogP contribution is -2.36. The molecule has 2 unspecified atom stereocenters. The second kappa shape index (κ2) is 10.7. The van der Waals surface area contributed by atoms with Crippen molar-refractivity contribution in [2.45, 2.75) is 111 Å². The summed E-state index contributed by atoms with van der Waals surface area (Å²) in [6.07, 6.45) is 4.70. The summed E-state index contributed by atoms with van der Waals surface area (Å²) in [5.41, 5.74) is 4.91. The fourth-order valence-electron chi connectivity index (χ4n) is 4.08. The first kappa shape index (κ1) is 26.9. The number of hydrogen-bond acceptors (Lipinski definition) is 2. The number of nitrogens with one attached hydrogen (secondary N) is 1. The van der Waals surface area contributed by atoms with Gasteiger partial charge >= 0.3 is 0 Å². The zero-order chi connectivity index (χ0) is 24.2. The van der Waals surface area contributed by atoms with E-state index in [4.69, 9.17) is 0 Å². The number of benzene rings is 2. The van der Waals surface area contributed by atoms with Crippen molar-refractivity contribution in [2.24, 2.45) is 0 Å². The van der Waals surface area contributed by atoms with Gasteiger partial charge in [0.1, 0.15) is 5.75 Å². The van der Waals surface area contributed by atoms with Gasteiger partial charge in [-0.25, -0.2) is 0 Å². The number of phenols is 1. The standard InChI is InChI=1S/C29H46NOP/c1-10-11-14-17-29(9,24-19-23(27(3,4)5)18-21(2)26(24)31)32-25-16-13-12-15-22(25)20-30-28(6,7)8/h12-13,15-16,18-19,30-32H,10-11,14,17,20H2,1-9H3. The van der Waals surface area contributed by atoms with Crippen LogP contribution in [0.4, 0.5) is 0 Å². The summed E-state index contributed by atoms with van der Waals surface area (Å²) in [4.78, 5) is 0. The number of aromatic hydroxyl groups is 1. The molecule has 0 fully saturated rings. The molecular formula is C29H46NOP. The number of unbranched alkanes of at least 4 members (excludes halogenated alkanes) is 2. The smallest absolute Gasteiger partial charge is 0.122 e. The Morgan fingerprint density at radius 3 is 2.19 bits per heavy atom. The monoisotopic (exact) mass is 455 g/mol. The van der Waals surface area contributed by atoms with Gasteiger partial charge in [-0.3, -0.25) is 0 Å². The van der Waals surface area contributed by atoms with Crippen molar-refractivity contribution < 1.29 is 5.11 Å². The third-order valence-corrected chi connectivity index (χ3v) is 8.11. The minimum absolute atomic E-state index is 0.0508. The Labute approximate surface area is 199 Å². The van der Waals surface area contributed by atoms with E-state index in [-0.39, 0.29) is 16.1 Å². The van der Waals surface area contributed by atoms with E-state index < -0.39 is 0 Å². The molecule has 0 saturated heterocycles. The summed E-state index contributed by atoms with van der Waals surface area (Å²) in [5, 5.41) is 16.2. The molecule has 0 heterocycles. The van der Waals surface area contributed by atoms with Gasteiger partial charge in [0.15, 0.2) is 0 Å². The van der Waals surface area contributed by atoms with Gasteiger partial charge in [-0.05, 0) is 61.5 Å². The van der Waals surface area contributed by atoms with Gasteiger partial charge in [0, 0.05) is 22.8 Å². The summed E-state index contributed by atoms with van der Waals surface area (Å²) in [6.45, 7) is 21.0. The highest BCUT2D eigenvalue weighted by Crippen LogP contribution is 2.50. The van der Waals surface area contributed by atoms with Crippen LogP contribution in [-0.4, -0.2) is 10.6 Å². The number of hydrogen-bond donors (Lipinski definition) is 2. The lowest BCUT2D eigenvalue weighted by atomic mass is 9.82. The maximum Gasteiger partial charge on any atom is 0.122 e. The molecule has 178 valence electrons. The Balaban J connectivity index is 2.53. The molecular weight excluding hydrogens is 409 g/mol. The highest BCUT2D eigenvalue weighted by Gasteiger charge is 2.32. The molecule has 2 aromatic rings. The molecule has 0 aliphatic rings. The van der Waals surface area contributed by atoms with E-state index >= 15 is 0 Å². The van der Waals surface area contributed by atoms with Crippen molar-refractivity contribution >= 4 is 13.9 Å². The average Bonchev–Trinajstić information content (AvgIpc) is 2.68. The van der Waals surface area contributed by atoms with E-state index in [1.54, 1.807) is 0 Å². The van der Waals surface area contributed by atoms with Crippen molar-refractivity contribution in [3.05, 3.63) is 58.7 Å². The predicted octanol–water partition coefficient (Wildman–Crippen LogP) is 7.69. The molecule has 2 aromatic carbocycles. The van der Waals surface area contributed by atoms with E-state index in [0.29, 0.717) is 14.3 Å². The molecule has 0 spiro atoms. The summed E-state index contributed by atoms with van der Waals surface area (Å²) in [7, 11) is 0.602. The van der Waals surface area contributed by atoms with Crippen molar-refractivity contribution in [1.29, 1.82) is 0 Å². The Morgan fingerprint density at radius 1 is 0.938 bits per heavy atom. The van der Waals surface area contributed by atoms with Crippen LogP contribution in [0.15, 0.2) is 36.4 Å². The van der Waals surface area contributed by atoms with Crippen LogP contribution < -0.4 is 10.6 Å². The van der Waals surface area contributed by atoms with Crippen molar-refractivity contribution in [2.75, 3.05) is 0 Å². The number of aryl methyl sites for hydroxylation is 1. The molecule has 0 aliphatic heterocycles. The minimum Gasteiger partial charge on any atom is -0.507 e. The molecule has 32 heavy (non-hydrogen) atoms. The zero-order valence-corrected chi connectivity index (χ0v) is 22.9. The number of phenolic OH excluding ortho intramolecular Hbond substituents is 1. The number of rotatable bonds is 9. The first-order valence-electron chi connectivity index (χ1n) is 12.2. The Hall–Kier alpha value is -1.37. The molecule has 0 aromatic heterocycles. The van der Waals surface area contributed by atoms with Crippen molar-refractivity contribution in [3.8, 4) is 5.75 Å². The molecule has 0 bridgehead atoms. The van der Waals surface area contributed by atoms with Crippen molar-refractivity contribution in [3.63, 3.8) is 0 Å². The lowest BCUT2D eigenvalue weighted by Gasteiger charge is -2.34. The van der Waals surface area contributed by atoms with Gasteiger partial charge in [-0.1, -0.05) is 98.9 Å². The second-order valence-electron chi connectivity index (χ2n) is 11.6. The Kier molecular flexibility index (Phi) is 8.99. The fourth-order valence-corrected chi connectivity index (χ4v) is 5.81. The molecule has 0 radical (unpaired) electrons. The van der Waals surface area contributed by atoms with Crippen LogP contribution in [0, 0.1) is 6.92 Å². The molecule has 0 saturated carbocycles. The summed E-state index contributed by atoms with van der Waals surface area (Å²) < 4.78 is 0. The lowest BCUT2D eigenvalue weighted by molar-refractivity contribution is 0.425. The maximum atomic E-state index is 11.2. The second-order valence-corrected chi connectivity index (χ2v) is 13.5. The Bertz CT molecular complexity index is 891. The highest BCUT2D eigenvalue weighted by atomic mass is 31.1. The van der Waals surface area contributed by atoms with Crippen LogP contribution in [0.5, 0.6) is 5.75 Å². The SMILES string of the molecule is CCCCCC(C)(Pc1ccccc1CNC(C)(C)C)c1cc(C(C)(C)C)cc(C)c1O. The van der Waals surface area contributed by atoms with E-state index in [1.165, 1.54) is 35.7 Å². The van der Waals surface area contributed by atoms with Crippen LogP contribution in [0.3, 0.4) is 0 Å². The van der Waals surface area contributed by atoms with E-state index in [9.17, 15) is 5.11 Å². The molecule has 0 amide bonds. The van der Waals surface area contributed by atoms with Crippen LogP contribution in [0.25, 0.3) is 0 Å². The third-order valence-electron chi connectivity index (χ3n) is 6.28. The van der Waals surface area contributed by atoms with Gasteiger partial charge in [0.2, 0.25) is 0 Å². The van der Waals surface area contributed by atoms with Gasteiger partial charge in [0.25, 0.3) is 0 Å². The minimum atomic E-state index is -0.0941. The van der Waals surface area contributed by atoms with Gasteiger partial charge in [-0.2, -0.15) is 0 Å². The largest absolute Gasteiger partial charge is 0.507 e. The summed E-state index contributed by atoms with van der Waals surface area (Å²) in [5.74, 6) is 0.481. The molecule has 2 rings (SSSR count). The summed E-state index contributed by atoms with van der Waals surface area (Å²) >= 11 is 0. The maximum absolute atomic E-state index is 11.2. The van der Waals surface area contributed by atoms with Crippen LogP contribution >= 0.6 is 8.58 Å². The first-order chi connectivity index (χ1) is 14.8. The van der Waals surface area contributed by atoms with Crippen LogP contribution in [-0.2, 0) is 17.1 Å². The van der Waals surface area contributed by atoms with Gasteiger partial charge in [0.05, 0.1) is 0 Å². The molecule has 0 aliphatic carbocycles. The quantitative estimate of drug-likeness (QED) is 0.300. The average molecular weight is 456 g/mol. The zero-order valence-electron chi connectivity index (χ0n) is 21.9. The van der Waals surface area contributed by atoms with Crippen LogP contribution in [0.1, 0.15) is 103 Å². The molecule has 2 N–H and O–H groups in total. The normalized spacial score (nSPS) is 14.8.